The van der Waals surface area contributed by atoms with Crippen molar-refractivity contribution in [3.05, 3.63) is 12.2 Å². The van der Waals surface area contributed by atoms with Gasteiger partial charge in [0.05, 0.1) is 11.3 Å². The van der Waals surface area contributed by atoms with E-state index >= 15 is 0 Å². The third kappa shape index (κ3) is 3.94. The number of rotatable bonds is 5. The van der Waals surface area contributed by atoms with Crippen molar-refractivity contribution in [2.75, 3.05) is 12.8 Å². The van der Waals surface area contributed by atoms with Crippen LogP contribution in [0.3, 0.4) is 0 Å². The molecule has 0 radical (unpaired) electrons. The van der Waals surface area contributed by atoms with Crippen LogP contribution < -0.4 is 0 Å². The van der Waals surface area contributed by atoms with Crippen molar-refractivity contribution in [3.63, 3.8) is 0 Å². The molecule has 0 saturated carbocycles. The van der Waals surface area contributed by atoms with E-state index in [0.29, 0.717) is 12.0 Å². The molecule has 0 saturated heterocycles. The molecular weight excluding hydrogens is 230 g/mol. The van der Waals surface area contributed by atoms with Crippen LogP contribution in [-0.2, 0) is 14.9 Å². The first-order valence-corrected chi connectivity index (χ1v) is 6.53. The van der Waals surface area contributed by atoms with Gasteiger partial charge < -0.3 is 4.90 Å². The highest BCUT2D eigenvalue weighted by molar-refractivity contribution is 7.85. The summed E-state index contributed by atoms with van der Waals surface area (Å²) in [7, 11) is -2.62. The van der Waals surface area contributed by atoms with Gasteiger partial charge in [0.25, 0.3) is 10.1 Å². The molecule has 0 aromatic rings. The van der Waals surface area contributed by atoms with Gasteiger partial charge in [-0.05, 0) is 20.3 Å². The van der Waals surface area contributed by atoms with Crippen LogP contribution in [-0.4, -0.2) is 42.1 Å². The first kappa shape index (κ1) is 15.1. The minimum Gasteiger partial charge on any atom is -0.336 e. The van der Waals surface area contributed by atoms with Gasteiger partial charge in [-0.3, -0.25) is 9.35 Å². The van der Waals surface area contributed by atoms with Gasteiger partial charge in [-0.1, -0.05) is 13.5 Å². The summed E-state index contributed by atoms with van der Waals surface area (Å²) in [6, 6.07) is 0. The molecule has 1 atom stereocenters. The van der Waals surface area contributed by atoms with E-state index < -0.39 is 21.4 Å². The lowest BCUT2D eigenvalue weighted by Crippen LogP contribution is -2.51. The molecule has 0 aromatic heterocycles. The summed E-state index contributed by atoms with van der Waals surface area (Å²) < 4.78 is 30.7. The molecule has 0 heterocycles. The van der Waals surface area contributed by atoms with E-state index in [9.17, 15) is 13.2 Å². The smallest absolute Gasteiger partial charge is 0.267 e. The van der Waals surface area contributed by atoms with Crippen molar-refractivity contribution in [2.45, 2.75) is 32.7 Å². The second-order valence-electron chi connectivity index (χ2n) is 4.22. The summed E-state index contributed by atoms with van der Waals surface area (Å²) in [5.74, 6) is -0.806. The molecule has 0 aliphatic rings. The van der Waals surface area contributed by atoms with Crippen molar-refractivity contribution < 1.29 is 17.8 Å². The Morgan fingerprint density at radius 3 is 2.19 bits per heavy atom. The maximum atomic E-state index is 11.7. The molecule has 1 amide bonds. The van der Waals surface area contributed by atoms with E-state index in [2.05, 4.69) is 6.58 Å². The number of nitrogens with zero attached hydrogens (tertiary/aromatic N) is 1. The molecule has 6 heteroatoms. The molecule has 94 valence electrons. The number of hydrogen-bond donors (Lipinski definition) is 1. The average Bonchev–Trinajstić information content (AvgIpc) is 2.12. The Kier molecular flexibility index (Phi) is 4.69. The third-order valence-electron chi connectivity index (χ3n) is 2.73. The summed E-state index contributed by atoms with van der Waals surface area (Å²) in [5, 5.41) is 0. The quantitative estimate of drug-likeness (QED) is 0.584. The van der Waals surface area contributed by atoms with Crippen LogP contribution in [0, 0.1) is 0 Å². The maximum absolute atomic E-state index is 11.7. The molecule has 0 bridgehead atoms. The monoisotopic (exact) mass is 249 g/mol. The number of amides is 1. The zero-order chi connectivity index (χ0) is 13.1. The fraction of sp³-hybridized carbons (Fsp3) is 0.700. The standard InChI is InChI=1S/C10H19NO4S/c1-6-10(4,7-16(13,14)15)11(5)9(12)8(2)3/h2,6-7H2,1,3-5H3,(H,13,14,15). The van der Waals surface area contributed by atoms with Crippen LogP contribution in [0.15, 0.2) is 12.2 Å². The molecule has 0 spiro atoms. The fourth-order valence-corrected chi connectivity index (χ4v) is 2.54. The van der Waals surface area contributed by atoms with Crippen molar-refractivity contribution in [3.8, 4) is 0 Å². The molecule has 5 nitrogen and oxygen atoms in total. The van der Waals surface area contributed by atoms with Gasteiger partial charge in [0.15, 0.2) is 0 Å². The molecular formula is C10H19NO4S. The van der Waals surface area contributed by atoms with Gasteiger partial charge in [0.1, 0.15) is 0 Å². The van der Waals surface area contributed by atoms with Gasteiger partial charge in [0.2, 0.25) is 5.91 Å². The lowest BCUT2D eigenvalue weighted by Gasteiger charge is -2.37. The van der Waals surface area contributed by atoms with Crippen LogP contribution in [0.5, 0.6) is 0 Å². The Labute approximate surface area is 96.9 Å². The van der Waals surface area contributed by atoms with Crippen molar-refractivity contribution in [1.29, 1.82) is 0 Å². The molecule has 0 aliphatic carbocycles. The highest BCUT2D eigenvalue weighted by Gasteiger charge is 2.35. The lowest BCUT2D eigenvalue weighted by atomic mass is 9.99. The van der Waals surface area contributed by atoms with E-state index in [1.807, 2.05) is 0 Å². The first-order valence-electron chi connectivity index (χ1n) is 4.92. The zero-order valence-corrected chi connectivity index (χ0v) is 11.0. The van der Waals surface area contributed by atoms with Crippen LogP contribution >= 0.6 is 0 Å². The topological polar surface area (TPSA) is 74.7 Å². The van der Waals surface area contributed by atoms with Gasteiger partial charge in [-0.25, -0.2) is 0 Å². The zero-order valence-electron chi connectivity index (χ0n) is 10.1. The van der Waals surface area contributed by atoms with E-state index in [0.717, 1.165) is 0 Å². The Balaban J connectivity index is 5.11. The van der Waals surface area contributed by atoms with Gasteiger partial charge in [-0.15, -0.1) is 0 Å². The van der Waals surface area contributed by atoms with Crippen molar-refractivity contribution >= 4 is 16.0 Å². The van der Waals surface area contributed by atoms with E-state index in [4.69, 9.17) is 4.55 Å². The van der Waals surface area contributed by atoms with Crippen molar-refractivity contribution in [1.82, 2.24) is 4.90 Å². The lowest BCUT2D eigenvalue weighted by molar-refractivity contribution is -0.130. The number of likely N-dealkylation sites (N-methyl/N-ethyl adjacent to an activating group) is 1. The summed E-state index contributed by atoms with van der Waals surface area (Å²) >= 11 is 0. The Hall–Kier alpha value is -0.880. The highest BCUT2D eigenvalue weighted by Crippen LogP contribution is 2.21. The largest absolute Gasteiger partial charge is 0.336 e. The molecule has 0 aliphatic heterocycles. The van der Waals surface area contributed by atoms with Crippen LogP contribution in [0.25, 0.3) is 0 Å². The molecule has 1 N–H and O–H groups in total. The fourth-order valence-electron chi connectivity index (χ4n) is 1.36. The summed E-state index contributed by atoms with van der Waals surface area (Å²) in [6.07, 6.45) is 0.419. The highest BCUT2D eigenvalue weighted by atomic mass is 32.2. The SMILES string of the molecule is C=C(C)C(=O)N(C)C(C)(CC)CS(=O)(=O)O. The normalized spacial score (nSPS) is 15.3. The Morgan fingerprint density at radius 1 is 1.50 bits per heavy atom. The van der Waals surface area contributed by atoms with Gasteiger partial charge >= 0.3 is 0 Å². The minimum absolute atomic E-state index is 0.326. The van der Waals surface area contributed by atoms with Gasteiger partial charge in [0, 0.05) is 12.6 Å². The summed E-state index contributed by atoms with van der Waals surface area (Å²) in [5.41, 5.74) is -0.596. The molecule has 0 fully saturated rings. The van der Waals surface area contributed by atoms with Crippen molar-refractivity contribution in [2.24, 2.45) is 0 Å². The number of hydrogen-bond acceptors (Lipinski definition) is 3. The third-order valence-corrected chi connectivity index (χ3v) is 3.72. The molecule has 0 rings (SSSR count). The van der Waals surface area contributed by atoms with E-state index in [1.54, 1.807) is 20.8 Å². The molecule has 1 unspecified atom stereocenters. The second-order valence-corrected chi connectivity index (χ2v) is 5.67. The van der Waals surface area contributed by atoms with Crippen LogP contribution in [0.4, 0.5) is 0 Å². The Morgan fingerprint density at radius 2 is 1.94 bits per heavy atom. The first-order chi connectivity index (χ1) is 7.03. The van der Waals surface area contributed by atoms with Crippen LogP contribution in [0.1, 0.15) is 27.2 Å². The number of carbonyl (C=O) groups excluding carboxylic acids is 1. The average molecular weight is 249 g/mol. The van der Waals surface area contributed by atoms with E-state index in [1.165, 1.54) is 11.9 Å². The summed E-state index contributed by atoms with van der Waals surface area (Å²) in [4.78, 5) is 13.0. The predicted molar refractivity (Wildman–Crippen MR) is 62.7 cm³/mol. The van der Waals surface area contributed by atoms with Gasteiger partial charge in [-0.2, -0.15) is 8.42 Å². The second kappa shape index (κ2) is 4.97. The molecule has 16 heavy (non-hydrogen) atoms. The number of carbonyl (C=O) groups is 1. The predicted octanol–water partition coefficient (Wildman–Crippen LogP) is 1.08. The Bertz CT molecular complexity index is 388. The maximum Gasteiger partial charge on any atom is 0.267 e. The van der Waals surface area contributed by atoms with Crippen LogP contribution in [0.2, 0.25) is 0 Å². The minimum atomic E-state index is -4.12. The van der Waals surface area contributed by atoms with E-state index in [-0.39, 0.29) is 5.91 Å². The summed E-state index contributed by atoms with van der Waals surface area (Å²) in [6.45, 7) is 8.45. The molecule has 0 aromatic carbocycles.